The van der Waals surface area contributed by atoms with Crippen molar-refractivity contribution in [1.29, 1.82) is 0 Å². The molecule has 46 nitrogen and oxygen atoms in total. The second kappa shape index (κ2) is 64.8. The average Bonchev–Trinajstić information content (AvgIpc) is 1.76. The molecule has 9 fully saturated rings. The van der Waals surface area contributed by atoms with Gasteiger partial charge in [-0.1, -0.05) is 19.3 Å². The fourth-order valence-electron chi connectivity index (χ4n) is 14.1. The summed E-state index contributed by atoms with van der Waals surface area (Å²) in [5.41, 5.74) is 0. The number of hydrogen-bond donors (Lipinski definition) is 7. The third kappa shape index (κ3) is 48.6. The number of rotatable bonds is 35. The summed E-state index contributed by atoms with van der Waals surface area (Å²) < 4.78 is 33.7. The van der Waals surface area contributed by atoms with Crippen LogP contribution in [0.15, 0.2) is 85.1 Å². The highest BCUT2D eigenvalue weighted by atomic mass is 16.6. The van der Waals surface area contributed by atoms with Gasteiger partial charge in [-0.3, -0.25) is 62.3 Å². The molecule has 9 aliphatic rings. The first-order valence-electron chi connectivity index (χ1n) is 45.0. The Kier molecular flexibility index (Phi) is 55.3. The Hall–Kier alpha value is -14.0. The SMILES string of the molecule is CC(NC(=O)C=CC(=O)O)N1CCCC1=O.CC(NC(=O)C=CC(=O)OC(C)N1CCCC1=O)N1CCCC1=O.CC(OC(=O)C=CC(=O)OC(C)N1CCCC1=O)N1CCCC1=O.COC(=O)C=CC(=O)NC(C)N1CCCC1=O.COC(=O)C=CC(=O)OCCN1CCCCCC1=O.O=C(O)C=CC(=O)NCCN1CCCCCC1=O.O=C(O)C=CC(=O)OCCN1CCCCCC1=O. The van der Waals surface area contributed by atoms with Gasteiger partial charge in [-0.25, -0.2) is 47.9 Å². The zero-order valence-electron chi connectivity index (χ0n) is 78.2. The van der Waals surface area contributed by atoms with Gasteiger partial charge in [0.1, 0.15) is 31.7 Å². The summed E-state index contributed by atoms with van der Waals surface area (Å²) in [6.45, 7) is 17.5. The van der Waals surface area contributed by atoms with Crippen LogP contribution in [0.3, 0.4) is 0 Å². The van der Waals surface area contributed by atoms with Crippen molar-refractivity contribution >= 4 is 136 Å². The first-order chi connectivity index (χ1) is 64.6. The van der Waals surface area contributed by atoms with Crippen LogP contribution in [0.2, 0.25) is 0 Å². The van der Waals surface area contributed by atoms with Crippen LogP contribution >= 0.6 is 0 Å². The summed E-state index contributed by atoms with van der Waals surface area (Å²) in [6.07, 6.45) is 28.1. The molecule has 9 heterocycles. The molecular formula is C90H129N13O33. The highest BCUT2D eigenvalue weighted by molar-refractivity contribution is 5.98. The normalized spacial score (nSPS) is 18.2. The molecule has 9 rings (SSSR count). The first-order valence-corrected chi connectivity index (χ1v) is 45.0. The molecule has 0 aromatic heterocycles. The van der Waals surface area contributed by atoms with Gasteiger partial charge >= 0.3 is 59.7 Å². The molecule has 0 aliphatic carbocycles. The Bertz CT molecular complexity index is 4110. The molecule has 6 unspecified atom stereocenters. The van der Waals surface area contributed by atoms with Gasteiger partial charge < -0.3 is 114 Å². The standard InChI is InChI=1S/C16H23N3O5.C16H22N2O6.C13H19NO5.C12H18N2O4.C12H17NO5.C11H16N2O4.C10H14N2O4/c1-11(18-9-3-5-14(18)21)17-13(20)7-8-16(23)24-12(2)19-10-4-6-15(19)22;1-11(17-9-3-5-13(17)19)23-15(21)7-8-16(22)24-12(2)18-10-4-6-14(18)20;1-18-12(16)6-7-13(17)19-10-9-14-8-4-2-3-5-11(14)15;15-10(5-6-12(17)18)13-7-9-14-8-3-1-2-4-11(14)16;14-10-4-2-1-3-7-13(10)8-9-18-12(17)6-5-11(15)16;1-8(13-7-3-4-10(13)15)12-9(14)5-6-11(16)17-2;1-7(12-6-2-3-9(12)14)11-8(13)4-5-10(15)16/h7-8,11-12H,3-6,9-10H2,1-2H3,(H,17,20);7-8,11-12H,3-6,9-10H2,1-2H3;6-7H,2-5,8-10H2,1H3;5-6H,1-4,7-9H2,(H,13,15)(H,17,18);5-6H,1-4,7-9H2,(H,15,16);5-6,8H,3-4,7H2,1-2H3,(H,12,14);4-5,7H,2-3,6H2,1H3,(H,11,13)(H,15,16). The zero-order chi connectivity index (χ0) is 101. The van der Waals surface area contributed by atoms with Crippen molar-refractivity contribution in [2.75, 3.05) is 113 Å². The molecule has 0 bridgehead atoms. The van der Waals surface area contributed by atoms with Crippen LogP contribution in [-0.4, -0.2) is 346 Å². The van der Waals surface area contributed by atoms with Crippen molar-refractivity contribution in [2.24, 2.45) is 0 Å². The summed E-state index contributed by atoms with van der Waals surface area (Å²) in [5, 5.41) is 35.3. The molecule has 6 atom stereocenters. The number of carboxylic acids is 3. The lowest BCUT2D eigenvalue weighted by Gasteiger charge is -2.24. The summed E-state index contributed by atoms with van der Waals surface area (Å²) >= 11 is 0. The van der Waals surface area contributed by atoms with E-state index in [-0.39, 0.29) is 72.5 Å². The van der Waals surface area contributed by atoms with E-state index in [1.54, 1.807) is 70.9 Å². The van der Waals surface area contributed by atoms with E-state index in [1.807, 2.05) is 0 Å². The summed E-state index contributed by atoms with van der Waals surface area (Å²) in [7, 11) is 2.46. The van der Waals surface area contributed by atoms with E-state index in [4.69, 9.17) is 39.0 Å². The number of nitrogens with one attached hydrogen (secondary N) is 4. The fourth-order valence-corrected chi connectivity index (χ4v) is 14.1. The Morgan fingerprint density at radius 3 is 0.794 bits per heavy atom. The largest absolute Gasteiger partial charge is 0.478 e. The molecule has 752 valence electrons. The van der Waals surface area contributed by atoms with Crippen molar-refractivity contribution in [3.8, 4) is 0 Å². The van der Waals surface area contributed by atoms with Crippen LogP contribution in [0.5, 0.6) is 0 Å². The minimum atomic E-state index is -1.20. The van der Waals surface area contributed by atoms with Crippen molar-refractivity contribution in [1.82, 2.24) is 65.4 Å². The van der Waals surface area contributed by atoms with E-state index in [0.29, 0.717) is 136 Å². The van der Waals surface area contributed by atoms with E-state index in [1.165, 1.54) is 28.9 Å². The third-order valence-electron chi connectivity index (χ3n) is 21.2. The van der Waals surface area contributed by atoms with E-state index >= 15 is 0 Å². The molecule has 0 saturated carbocycles. The first kappa shape index (κ1) is 116. The van der Waals surface area contributed by atoms with Gasteiger partial charge in [0, 0.05) is 215 Å². The average molecular weight is 1920 g/mol. The zero-order valence-corrected chi connectivity index (χ0v) is 78.2. The smallest absolute Gasteiger partial charge is 0.332 e. The number of aliphatic carboxylic acids is 3. The lowest BCUT2D eigenvalue weighted by atomic mass is 10.2. The fraction of sp³-hybridized carbons (Fsp3) is 0.589. The number of likely N-dealkylation sites (tertiary alicyclic amines) is 9. The molecule has 13 amide bonds. The number of carbonyl (C=O) groups excluding carboxylic acids is 20. The van der Waals surface area contributed by atoms with Gasteiger partial charge in [-0.15, -0.1) is 0 Å². The van der Waals surface area contributed by atoms with Crippen molar-refractivity contribution in [2.45, 2.75) is 233 Å². The van der Waals surface area contributed by atoms with E-state index in [2.05, 4.69) is 30.7 Å². The van der Waals surface area contributed by atoms with Crippen molar-refractivity contribution in [3.05, 3.63) is 85.1 Å². The number of ether oxygens (including phenoxy) is 7. The second-order valence-corrected chi connectivity index (χ2v) is 31.4. The minimum absolute atomic E-state index is 0.00927. The number of amides is 13. The van der Waals surface area contributed by atoms with Crippen LogP contribution in [0.4, 0.5) is 0 Å². The van der Waals surface area contributed by atoms with Gasteiger partial charge in [0.2, 0.25) is 76.8 Å². The molecular weight excluding hydrogens is 1790 g/mol. The Morgan fingerprint density at radius 2 is 0.507 bits per heavy atom. The number of carboxylic acid groups (broad SMARTS) is 3. The maximum atomic E-state index is 11.8. The number of carbonyl (C=O) groups is 23. The summed E-state index contributed by atoms with van der Waals surface area (Å²) in [6, 6.07) is 0. The molecule has 0 aromatic carbocycles. The Morgan fingerprint density at radius 1 is 0.272 bits per heavy atom. The molecule has 7 N–H and O–H groups in total. The summed E-state index contributed by atoms with van der Waals surface area (Å²) in [4.78, 5) is 273. The van der Waals surface area contributed by atoms with Crippen molar-refractivity contribution < 1.29 is 159 Å². The molecule has 9 saturated heterocycles. The quantitative estimate of drug-likeness (QED) is 0.0269. The second-order valence-electron chi connectivity index (χ2n) is 31.4. The predicted octanol–water partition coefficient (Wildman–Crippen LogP) is 1.60. The van der Waals surface area contributed by atoms with Gasteiger partial charge in [-0.05, 0) is 119 Å². The number of nitrogens with zero attached hydrogens (tertiary/aromatic N) is 9. The Balaban J connectivity index is 0.000000411. The predicted molar refractivity (Wildman–Crippen MR) is 476 cm³/mol. The molecule has 9 aliphatic heterocycles. The monoisotopic (exact) mass is 1920 g/mol. The summed E-state index contributed by atoms with van der Waals surface area (Å²) in [5.74, 6) is -9.88. The van der Waals surface area contributed by atoms with Crippen LogP contribution < -0.4 is 21.3 Å². The maximum absolute atomic E-state index is 11.8. The molecule has 136 heavy (non-hydrogen) atoms. The lowest BCUT2D eigenvalue weighted by Crippen LogP contribution is -2.46. The topological polar surface area (TPSA) is 595 Å². The van der Waals surface area contributed by atoms with E-state index < -0.39 is 114 Å². The molecule has 0 spiro atoms. The van der Waals surface area contributed by atoms with Gasteiger partial charge in [0.05, 0.1) is 27.3 Å². The molecule has 0 aromatic rings. The van der Waals surface area contributed by atoms with Gasteiger partial charge in [-0.2, -0.15) is 0 Å². The molecule has 0 radical (unpaired) electrons. The maximum Gasteiger partial charge on any atom is 0.332 e. The Labute approximate surface area is 787 Å². The molecule has 46 heteroatoms. The minimum Gasteiger partial charge on any atom is -0.478 e. The van der Waals surface area contributed by atoms with Crippen LogP contribution in [0.25, 0.3) is 0 Å². The highest BCUT2D eigenvalue weighted by Gasteiger charge is 2.33. The highest BCUT2D eigenvalue weighted by Crippen LogP contribution is 2.21. The van der Waals surface area contributed by atoms with E-state index in [9.17, 15) is 110 Å². The van der Waals surface area contributed by atoms with E-state index in [0.717, 1.165) is 188 Å². The number of hydrogen-bond acceptors (Lipinski definition) is 30. The number of esters is 7. The third-order valence-corrected chi connectivity index (χ3v) is 21.2. The van der Waals surface area contributed by atoms with Crippen LogP contribution in [0.1, 0.15) is 196 Å². The van der Waals surface area contributed by atoms with Gasteiger partial charge in [0.25, 0.3) is 0 Å². The number of methoxy groups -OCH3 is 2. The van der Waals surface area contributed by atoms with Gasteiger partial charge in [0.15, 0.2) is 18.7 Å². The van der Waals surface area contributed by atoms with Crippen LogP contribution in [-0.2, 0) is 143 Å². The van der Waals surface area contributed by atoms with Crippen molar-refractivity contribution in [3.63, 3.8) is 0 Å². The van der Waals surface area contributed by atoms with Crippen LogP contribution in [0, 0.1) is 0 Å². The lowest BCUT2D eigenvalue weighted by molar-refractivity contribution is -0.159.